The fourth-order valence-electron chi connectivity index (χ4n) is 4.56. The Morgan fingerprint density at radius 1 is 1.28 bits per heavy atom. The molecule has 2 aromatic heterocycles. The average Bonchev–Trinajstić information content (AvgIpc) is 3.53. The van der Waals surface area contributed by atoms with Crippen LogP contribution in [0.3, 0.4) is 0 Å². The van der Waals surface area contributed by atoms with Crippen LogP contribution in [0.1, 0.15) is 40.3 Å². The van der Waals surface area contributed by atoms with Gasteiger partial charge in [0.05, 0.1) is 25.6 Å². The number of nitrogens with one attached hydrogen (secondary N) is 2. The van der Waals surface area contributed by atoms with Crippen LogP contribution in [0.2, 0.25) is 0 Å². The molecule has 3 heterocycles. The Labute approximate surface area is 247 Å². The molecule has 43 heavy (non-hydrogen) atoms. The molecule has 0 aliphatic carbocycles. The number of hydrogen-bond donors (Lipinski definition) is 4. The molecule has 0 saturated carbocycles. The van der Waals surface area contributed by atoms with Crippen LogP contribution in [0.25, 0.3) is 21.9 Å². The molecule has 1 aliphatic heterocycles. The predicted octanol–water partition coefficient (Wildman–Crippen LogP) is 3.27. The van der Waals surface area contributed by atoms with Gasteiger partial charge in [-0.3, -0.25) is 23.7 Å². The van der Waals surface area contributed by atoms with Gasteiger partial charge in [0.15, 0.2) is 11.2 Å². The fourth-order valence-corrected chi connectivity index (χ4v) is 6.08. The van der Waals surface area contributed by atoms with Crippen molar-refractivity contribution in [2.45, 2.75) is 58.6 Å². The topological polar surface area (TPSA) is 193 Å². The van der Waals surface area contributed by atoms with Crippen LogP contribution >= 0.6 is 7.75 Å². The molecular weight excluding hydrogens is 579 g/mol. The highest BCUT2D eigenvalue weighted by Gasteiger charge is 2.40. The van der Waals surface area contributed by atoms with Gasteiger partial charge in [-0.25, -0.2) is 9.55 Å². The standard InChI is InChI=1S/C28H35N6O8P/c1-16(26(37)39-14-28(2,3)4)33-43(38,42-20-11-7-9-17-8-5-6-10-18(17)20)40-13-21-19(35)12-22(41-21)34-15-30-23-24(34)31-27(29)32-25(23)36/h5-11,15-16,19,21-22,35H,12-14H2,1-4H3,(H,33,38)(H3,29,31,32,36)/t16-,19?,21+,22+,43?/m0/s1. The van der Waals surface area contributed by atoms with Crippen molar-refractivity contribution in [3.63, 3.8) is 0 Å². The van der Waals surface area contributed by atoms with E-state index < -0.39 is 43.8 Å². The Bertz CT molecular complexity index is 1730. The van der Waals surface area contributed by atoms with E-state index in [-0.39, 0.29) is 47.9 Å². The number of aliphatic hydroxyl groups is 1. The number of esters is 1. The van der Waals surface area contributed by atoms with Gasteiger partial charge >= 0.3 is 13.7 Å². The number of carbonyl (C=O) groups excluding carboxylic acids is 1. The fraction of sp³-hybridized carbons (Fsp3) is 0.429. The first-order valence-corrected chi connectivity index (χ1v) is 15.3. The number of anilines is 1. The normalized spacial score (nSPS) is 21.1. The number of carbonyl (C=O) groups is 1. The lowest BCUT2D eigenvalue weighted by Gasteiger charge is -2.26. The number of ether oxygens (including phenoxy) is 2. The summed E-state index contributed by atoms with van der Waals surface area (Å²) in [5.41, 5.74) is 5.18. The molecule has 1 fully saturated rings. The van der Waals surface area contributed by atoms with E-state index in [9.17, 15) is 19.3 Å². The van der Waals surface area contributed by atoms with Crippen molar-refractivity contribution in [1.29, 1.82) is 0 Å². The van der Waals surface area contributed by atoms with Crippen molar-refractivity contribution in [2.24, 2.45) is 5.41 Å². The second-order valence-electron chi connectivity index (χ2n) is 11.6. The van der Waals surface area contributed by atoms with Crippen molar-refractivity contribution in [1.82, 2.24) is 24.6 Å². The molecule has 0 amide bonds. The van der Waals surface area contributed by atoms with Crippen molar-refractivity contribution >= 4 is 41.6 Å². The Kier molecular flexibility index (Phi) is 8.59. The summed E-state index contributed by atoms with van der Waals surface area (Å²) in [6.07, 6.45) is -1.28. The summed E-state index contributed by atoms with van der Waals surface area (Å²) in [7, 11) is -4.27. The average molecular weight is 615 g/mol. The van der Waals surface area contributed by atoms with E-state index in [1.807, 2.05) is 51.1 Å². The van der Waals surface area contributed by atoms with Crippen LogP contribution in [0.4, 0.5) is 5.95 Å². The zero-order valence-electron chi connectivity index (χ0n) is 24.2. The van der Waals surface area contributed by atoms with Crippen molar-refractivity contribution < 1.29 is 33.0 Å². The molecule has 14 nitrogen and oxygen atoms in total. The zero-order valence-corrected chi connectivity index (χ0v) is 25.1. The smallest absolute Gasteiger partial charge is 0.459 e. The van der Waals surface area contributed by atoms with Gasteiger partial charge in [-0.2, -0.15) is 10.1 Å². The highest BCUT2D eigenvalue weighted by atomic mass is 31.2. The largest absolute Gasteiger partial charge is 0.464 e. The molecule has 0 bridgehead atoms. The van der Waals surface area contributed by atoms with Crippen LogP contribution in [0.5, 0.6) is 5.75 Å². The Hall–Kier alpha value is -3.81. The van der Waals surface area contributed by atoms with E-state index in [1.165, 1.54) is 17.8 Å². The summed E-state index contributed by atoms with van der Waals surface area (Å²) >= 11 is 0. The van der Waals surface area contributed by atoms with Gasteiger partial charge in [0.25, 0.3) is 5.56 Å². The van der Waals surface area contributed by atoms with E-state index in [2.05, 4.69) is 20.0 Å². The Morgan fingerprint density at radius 2 is 2.02 bits per heavy atom. The van der Waals surface area contributed by atoms with Gasteiger partial charge in [0.2, 0.25) is 5.95 Å². The quantitative estimate of drug-likeness (QED) is 0.151. The van der Waals surface area contributed by atoms with Gasteiger partial charge in [0, 0.05) is 11.8 Å². The summed E-state index contributed by atoms with van der Waals surface area (Å²) in [4.78, 5) is 35.5. The molecule has 0 spiro atoms. The molecule has 1 aliphatic rings. The lowest BCUT2D eigenvalue weighted by molar-refractivity contribution is -0.148. The molecular formula is C28H35N6O8P. The van der Waals surface area contributed by atoms with Crippen molar-refractivity contribution in [3.05, 3.63) is 59.1 Å². The molecule has 4 aromatic rings. The Balaban J connectivity index is 1.35. The zero-order chi connectivity index (χ0) is 30.9. The minimum atomic E-state index is -4.27. The second kappa shape index (κ2) is 12.1. The number of hydrogen-bond acceptors (Lipinski definition) is 11. The summed E-state index contributed by atoms with van der Waals surface area (Å²) in [5, 5.41) is 15.0. The molecule has 5 N–H and O–H groups in total. The summed E-state index contributed by atoms with van der Waals surface area (Å²) in [6.45, 7) is 7.06. The van der Waals surface area contributed by atoms with E-state index in [0.29, 0.717) is 5.39 Å². The highest BCUT2D eigenvalue weighted by molar-refractivity contribution is 7.52. The van der Waals surface area contributed by atoms with Crippen LogP contribution < -0.4 is 20.9 Å². The van der Waals surface area contributed by atoms with E-state index in [0.717, 1.165) is 5.39 Å². The van der Waals surface area contributed by atoms with Crippen LogP contribution in [0, 0.1) is 5.41 Å². The van der Waals surface area contributed by atoms with E-state index >= 15 is 0 Å². The Morgan fingerprint density at radius 3 is 2.79 bits per heavy atom. The molecule has 2 aromatic carbocycles. The number of aromatic amines is 1. The number of fused-ring (bicyclic) bond motifs is 2. The first-order chi connectivity index (χ1) is 20.3. The van der Waals surface area contributed by atoms with Crippen molar-refractivity contribution in [2.75, 3.05) is 18.9 Å². The van der Waals surface area contributed by atoms with Gasteiger partial charge in [0.1, 0.15) is 24.1 Å². The maximum atomic E-state index is 14.2. The monoisotopic (exact) mass is 614 g/mol. The predicted molar refractivity (Wildman–Crippen MR) is 158 cm³/mol. The molecule has 5 atom stereocenters. The number of benzene rings is 2. The van der Waals surface area contributed by atoms with Crippen LogP contribution in [0.15, 0.2) is 53.6 Å². The number of imidazole rings is 1. The molecule has 5 rings (SSSR count). The third kappa shape index (κ3) is 7.06. The third-order valence-electron chi connectivity index (χ3n) is 6.69. The molecule has 1 saturated heterocycles. The van der Waals surface area contributed by atoms with Crippen molar-refractivity contribution in [3.8, 4) is 5.75 Å². The first-order valence-electron chi connectivity index (χ1n) is 13.7. The minimum Gasteiger partial charge on any atom is -0.464 e. The van der Waals surface area contributed by atoms with Gasteiger partial charge < -0.3 is 24.8 Å². The SMILES string of the molecule is C[C@H](NP(=O)(OC[C@H]1O[C@@H](n2cnc3c(=O)[nH]c(N)nc32)CC1O)Oc1cccc2ccccc12)C(=O)OCC(C)(C)C. The maximum absolute atomic E-state index is 14.2. The molecule has 0 radical (unpaired) electrons. The first kappa shape index (κ1) is 30.6. The molecule has 2 unspecified atom stereocenters. The molecule has 230 valence electrons. The van der Waals surface area contributed by atoms with E-state index in [4.69, 9.17) is 24.3 Å². The lowest BCUT2D eigenvalue weighted by Crippen LogP contribution is -2.37. The summed E-state index contributed by atoms with van der Waals surface area (Å²) in [5.74, 6) is -0.453. The number of aromatic nitrogens is 4. The third-order valence-corrected chi connectivity index (χ3v) is 8.32. The van der Waals surface area contributed by atoms with E-state index in [1.54, 1.807) is 12.1 Å². The summed E-state index contributed by atoms with van der Waals surface area (Å²) < 4.78 is 38.8. The second-order valence-corrected chi connectivity index (χ2v) is 13.3. The van der Waals surface area contributed by atoms with Gasteiger partial charge in [-0.05, 0) is 23.8 Å². The number of nitrogen functional groups attached to an aromatic ring is 1. The number of nitrogens with zero attached hydrogens (tertiary/aromatic N) is 3. The van der Waals surface area contributed by atoms with Gasteiger partial charge in [-0.1, -0.05) is 57.2 Å². The number of H-pyrrole nitrogens is 1. The lowest BCUT2D eigenvalue weighted by atomic mass is 9.99. The minimum absolute atomic E-state index is 0.0662. The summed E-state index contributed by atoms with van der Waals surface area (Å²) in [6, 6.07) is 11.6. The van der Waals surface area contributed by atoms with Gasteiger partial charge in [-0.15, -0.1) is 0 Å². The number of aliphatic hydroxyl groups excluding tert-OH is 1. The number of nitrogens with two attached hydrogens (primary N) is 1. The highest BCUT2D eigenvalue weighted by Crippen LogP contribution is 2.47. The maximum Gasteiger partial charge on any atom is 0.459 e. The van der Waals surface area contributed by atoms with Crippen LogP contribution in [-0.4, -0.2) is 62.1 Å². The van der Waals surface area contributed by atoms with Crippen LogP contribution in [-0.2, 0) is 23.4 Å². The molecule has 15 heteroatoms. The number of rotatable bonds is 10.